The molecule has 0 saturated heterocycles. The van der Waals surface area contributed by atoms with Crippen LogP contribution in [0.5, 0.6) is 5.75 Å². The van der Waals surface area contributed by atoms with Crippen molar-refractivity contribution < 1.29 is 19.4 Å². The van der Waals surface area contributed by atoms with Crippen LogP contribution in [0, 0.1) is 0 Å². The minimum absolute atomic E-state index is 0.162. The predicted molar refractivity (Wildman–Crippen MR) is 153 cm³/mol. The van der Waals surface area contributed by atoms with Gasteiger partial charge in [-0.2, -0.15) is 0 Å². The number of nitrogens with zero attached hydrogens (tertiary/aromatic N) is 2. The smallest absolute Gasteiger partial charge is 0.259 e. The molecule has 0 radical (unpaired) electrons. The summed E-state index contributed by atoms with van der Waals surface area (Å²) in [7, 11) is 3.63. The summed E-state index contributed by atoms with van der Waals surface area (Å²) >= 11 is 0. The van der Waals surface area contributed by atoms with Crippen LogP contribution in [0.2, 0.25) is 0 Å². The molecular formula is C31H32N4O4. The Kier molecular flexibility index (Phi) is 5.64. The fourth-order valence-corrected chi connectivity index (χ4v) is 6.82. The summed E-state index contributed by atoms with van der Waals surface area (Å²) in [4.78, 5) is 26.6. The van der Waals surface area contributed by atoms with E-state index in [0.717, 1.165) is 94.4 Å². The molecule has 2 aliphatic rings. The second-order valence-corrected chi connectivity index (χ2v) is 11.0. The minimum atomic E-state index is -0.343. The molecule has 200 valence electrons. The largest absolute Gasteiger partial charge is 0.497 e. The number of imide groups is 1. The Morgan fingerprint density at radius 1 is 0.974 bits per heavy atom. The number of amides is 2. The number of aliphatic hydroxyl groups excluding tert-OH is 1. The molecule has 0 bridgehead atoms. The highest BCUT2D eigenvalue weighted by molar-refractivity contribution is 6.39. The molecule has 39 heavy (non-hydrogen) atoms. The Hall–Kier alpha value is -3.88. The average Bonchev–Trinajstić information content (AvgIpc) is 3.58. The molecule has 2 aromatic heterocycles. The second-order valence-electron chi connectivity index (χ2n) is 11.0. The molecule has 1 fully saturated rings. The topological polar surface area (TPSA) is 97.5 Å². The minimum Gasteiger partial charge on any atom is -0.497 e. The van der Waals surface area contributed by atoms with Crippen LogP contribution in [0.3, 0.4) is 0 Å². The number of carbonyl (C=O) groups excluding carboxylic acids is 2. The van der Waals surface area contributed by atoms with Crippen molar-refractivity contribution in [1.29, 1.82) is 0 Å². The van der Waals surface area contributed by atoms with Crippen LogP contribution in [-0.2, 0) is 13.6 Å². The lowest BCUT2D eigenvalue weighted by Crippen LogP contribution is -2.35. The zero-order valence-corrected chi connectivity index (χ0v) is 22.2. The molecule has 3 aromatic carbocycles. The van der Waals surface area contributed by atoms with Crippen LogP contribution >= 0.6 is 0 Å². The van der Waals surface area contributed by atoms with E-state index in [0.29, 0.717) is 17.2 Å². The van der Waals surface area contributed by atoms with E-state index in [1.807, 2.05) is 42.1 Å². The van der Waals surface area contributed by atoms with Crippen LogP contribution < -0.4 is 15.4 Å². The molecule has 3 N–H and O–H groups in total. The summed E-state index contributed by atoms with van der Waals surface area (Å²) in [5, 5.41) is 20.7. The number of aromatic nitrogens is 2. The molecule has 1 aliphatic heterocycles. The van der Waals surface area contributed by atoms with Crippen molar-refractivity contribution in [2.45, 2.75) is 50.8 Å². The fourth-order valence-electron chi connectivity index (χ4n) is 6.82. The molecule has 8 heteroatoms. The normalized spacial score (nSPS) is 19.5. The molecule has 0 atom stereocenters. The number of fused-ring (bicyclic) bond motifs is 10. The Labute approximate surface area is 225 Å². The zero-order chi connectivity index (χ0) is 26.8. The number of carbonyl (C=O) groups is 2. The van der Waals surface area contributed by atoms with Crippen molar-refractivity contribution in [2.24, 2.45) is 7.05 Å². The van der Waals surface area contributed by atoms with Crippen LogP contribution in [-0.4, -0.2) is 51.9 Å². The number of hydrogen-bond acceptors (Lipinski definition) is 5. The second kappa shape index (κ2) is 9.10. The van der Waals surface area contributed by atoms with Gasteiger partial charge < -0.3 is 24.3 Å². The number of nitrogens with one attached hydrogen (secondary N) is 2. The Morgan fingerprint density at radius 3 is 2.44 bits per heavy atom. The third kappa shape index (κ3) is 3.66. The molecular weight excluding hydrogens is 492 g/mol. The lowest BCUT2D eigenvalue weighted by molar-refractivity contribution is 0.0880. The van der Waals surface area contributed by atoms with E-state index in [-0.39, 0.29) is 17.9 Å². The number of benzene rings is 3. The molecule has 1 saturated carbocycles. The summed E-state index contributed by atoms with van der Waals surface area (Å²) < 4.78 is 9.91. The fraction of sp³-hybridized carbons (Fsp3) is 0.355. The van der Waals surface area contributed by atoms with Crippen LogP contribution in [0.25, 0.3) is 43.5 Å². The molecule has 8 nitrogen and oxygen atoms in total. The molecule has 1 aliphatic carbocycles. The maximum Gasteiger partial charge on any atom is 0.259 e. The third-order valence-corrected chi connectivity index (χ3v) is 8.69. The van der Waals surface area contributed by atoms with Gasteiger partial charge in [-0.05, 0) is 56.8 Å². The summed E-state index contributed by atoms with van der Waals surface area (Å²) in [6.07, 6.45) is 6.44. The molecule has 5 aromatic rings. The quantitative estimate of drug-likeness (QED) is 0.223. The Balaban J connectivity index is 1.44. The lowest BCUT2D eigenvalue weighted by atomic mass is 9.93. The SMILES string of the molecule is COc1ccc2c3c4c(c5c(ccc6ccn(C)c65)c3n(CCCNC3CCC(O)CC3)c2c1)C(=O)NC4=O. The summed E-state index contributed by atoms with van der Waals surface area (Å²) in [6.45, 7) is 1.60. The zero-order valence-electron chi connectivity index (χ0n) is 22.2. The first-order valence-electron chi connectivity index (χ1n) is 13.8. The van der Waals surface area contributed by atoms with Crippen LogP contribution in [0.4, 0.5) is 0 Å². The van der Waals surface area contributed by atoms with E-state index >= 15 is 0 Å². The first-order chi connectivity index (χ1) is 19.0. The van der Waals surface area contributed by atoms with Crippen molar-refractivity contribution in [2.75, 3.05) is 13.7 Å². The van der Waals surface area contributed by atoms with E-state index in [9.17, 15) is 14.7 Å². The van der Waals surface area contributed by atoms with E-state index < -0.39 is 0 Å². The standard InChI is InChI=1S/C31H32N4O4/c1-34-15-12-17-4-10-22-25(28(17)34)27-26(30(37)33-31(27)38)24-21-11-9-20(39-2)16-23(21)35(29(22)24)14-3-13-32-18-5-7-19(36)8-6-18/h4,9-12,15-16,18-19,32,36H,3,5-8,13-14H2,1-2H3,(H,33,37,38). The van der Waals surface area contributed by atoms with Crippen molar-refractivity contribution in [1.82, 2.24) is 19.8 Å². The van der Waals surface area contributed by atoms with Crippen molar-refractivity contribution >= 4 is 55.3 Å². The average molecular weight is 525 g/mol. The van der Waals surface area contributed by atoms with Crippen LogP contribution in [0.15, 0.2) is 42.6 Å². The van der Waals surface area contributed by atoms with Gasteiger partial charge in [-0.1, -0.05) is 12.1 Å². The van der Waals surface area contributed by atoms with E-state index in [4.69, 9.17) is 4.74 Å². The van der Waals surface area contributed by atoms with Gasteiger partial charge in [-0.3, -0.25) is 14.9 Å². The van der Waals surface area contributed by atoms with Gasteiger partial charge in [-0.25, -0.2) is 0 Å². The van der Waals surface area contributed by atoms with Gasteiger partial charge in [0, 0.05) is 58.8 Å². The number of ether oxygens (including phenoxy) is 1. The van der Waals surface area contributed by atoms with Gasteiger partial charge in [0.05, 0.1) is 40.9 Å². The predicted octanol–water partition coefficient (Wildman–Crippen LogP) is 4.61. The third-order valence-electron chi connectivity index (χ3n) is 8.69. The number of hydrogen-bond donors (Lipinski definition) is 3. The highest BCUT2D eigenvalue weighted by atomic mass is 16.5. The van der Waals surface area contributed by atoms with Gasteiger partial charge >= 0.3 is 0 Å². The maximum absolute atomic E-state index is 13.3. The van der Waals surface area contributed by atoms with E-state index in [1.165, 1.54) is 0 Å². The van der Waals surface area contributed by atoms with Crippen LogP contribution in [0.1, 0.15) is 52.8 Å². The highest BCUT2D eigenvalue weighted by Gasteiger charge is 2.35. The summed E-state index contributed by atoms with van der Waals surface area (Å²) in [6, 6.07) is 12.6. The molecule has 7 rings (SSSR count). The number of aliphatic hydroxyl groups is 1. The first kappa shape index (κ1) is 24.2. The van der Waals surface area contributed by atoms with Crippen molar-refractivity contribution in [3.05, 3.63) is 53.7 Å². The van der Waals surface area contributed by atoms with Gasteiger partial charge in [0.2, 0.25) is 0 Å². The lowest BCUT2D eigenvalue weighted by Gasteiger charge is -2.26. The highest BCUT2D eigenvalue weighted by Crippen LogP contribution is 2.44. The van der Waals surface area contributed by atoms with E-state index in [2.05, 4.69) is 27.3 Å². The van der Waals surface area contributed by atoms with E-state index in [1.54, 1.807) is 7.11 Å². The Bertz CT molecular complexity index is 1810. The van der Waals surface area contributed by atoms with Gasteiger partial charge in [0.1, 0.15) is 5.75 Å². The summed E-state index contributed by atoms with van der Waals surface area (Å²) in [5.74, 6) is 0.0627. The molecule has 0 spiro atoms. The number of aryl methyl sites for hydroxylation is 2. The first-order valence-corrected chi connectivity index (χ1v) is 13.8. The molecule has 2 amide bonds. The van der Waals surface area contributed by atoms with Gasteiger partial charge in [0.15, 0.2) is 0 Å². The number of methoxy groups -OCH3 is 1. The number of rotatable bonds is 6. The monoisotopic (exact) mass is 524 g/mol. The van der Waals surface area contributed by atoms with Crippen molar-refractivity contribution in [3.63, 3.8) is 0 Å². The molecule has 0 unspecified atom stereocenters. The van der Waals surface area contributed by atoms with Crippen molar-refractivity contribution in [3.8, 4) is 5.75 Å². The summed E-state index contributed by atoms with van der Waals surface area (Å²) in [5.41, 5.74) is 3.83. The van der Waals surface area contributed by atoms with Gasteiger partial charge in [0.25, 0.3) is 11.8 Å². The van der Waals surface area contributed by atoms with Gasteiger partial charge in [-0.15, -0.1) is 0 Å². The Morgan fingerprint density at radius 2 is 1.69 bits per heavy atom. The molecule has 3 heterocycles. The maximum atomic E-state index is 13.3.